The number of halogens is 1. The fraction of sp³-hybridized carbons (Fsp3) is 0.600. The first kappa shape index (κ1) is 13.0. The van der Waals surface area contributed by atoms with E-state index in [9.17, 15) is 15.2 Å². The second-order valence-corrected chi connectivity index (χ2v) is 4.97. The van der Waals surface area contributed by atoms with Crippen LogP contribution in [0.3, 0.4) is 0 Å². The van der Waals surface area contributed by atoms with Gasteiger partial charge in [0.05, 0.1) is 10.5 Å². The molecule has 7 nitrogen and oxygen atoms in total. The van der Waals surface area contributed by atoms with E-state index in [2.05, 4.69) is 9.97 Å². The quantitative estimate of drug-likeness (QED) is 0.497. The fourth-order valence-corrected chi connectivity index (χ4v) is 2.24. The highest BCUT2D eigenvalue weighted by atomic mass is 35.5. The van der Waals surface area contributed by atoms with Crippen LogP contribution >= 0.6 is 11.6 Å². The van der Waals surface area contributed by atoms with Crippen molar-refractivity contribution < 1.29 is 10.0 Å². The molecule has 0 bridgehead atoms. The highest BCUT2D eigenvalue weighted by molar-refractivity contribution is 6.28. The topological polar surface area (TPSA) is 92.4 Å². The van der Waals surface area contributed by atoms with E-state index in [-0.39, 0.29) is 16.8 Å². The highest BCUT2D eigenvalue weighted by Crippen LogP contribution is 2.31. The number of anilines is 1. The second-order valence-electron chi connectivity index (χ2n) is 4.63. The number of nitro groups is 1. The molecule has 0 saturated carbocycles. The summed E-state index contributed by atoms with van der Waals surface area (Å²) in [4.78, 5) is 19.6. The van der Waals surface area contributed by atoms with Crippen molar-refractivity contribution in [3.63, 3.8) is 0 Å². The number of aromatic nitrogens is 2. The van der Waals surface area contributed by atoms with Crippen molar-refractivity contribution in [2.24, 2.45) is 0 Å². The van der Waals surface area contributed by atoms with Gasteiger partial charge in [0.1, 0.15) is 6.20 Å². The smallest absolute Gasteiger partial charge is 0.329 e. The Kier molecular flexibility index (Phi) is 3.36. The number of nitrogens with zero attached hydrogens (tertiary/aromatic N) is 4. The molecular weight excluding hydrogens is 260 g/mol. The van der Waals surface area contributed by atoms with Gasteiger partial charge in [0.2, 0.25) is 11.1 Å². The lowest BCUT2D eigenvalue weighted by Crippen LogP contribution is -2.46. The van der Waals surface area contributed by atoms with E-state index in [4.69, 9.17) is 11.6 Å². The second kappa shape index (κ2) is 4.66. The molecule has 0 aliphatic carbocycles. The van der Waals surface area contributed by atoms with Gasteiger partial charge in [-0.05, 0) is 31.4 Å². The molecule has 1 aliphatic rings. The third kappa shape index (κ3) is 2.68. The summed E-state index contributed by atoms with van der Waals surface area (Å²) in [7, 11) is 0. The lowest BCUT2D eigenvalue weighted by molar-refractivity contribution is -0.384. The maximum absolute atomic E-state index is 10.9. The lowest BCUT2D eigenvalue weighted by Gasteiger charge is -2.37. The average molecular weight is 273 g/mol. The van der Waals surface area contributed by atoms with E-state index in [0.29, 0.717) is 19.5 Å². The molecule has 1 saturated heterocycles. The first-order valence-corrected chi connectivity index (χ1v) is 5.91. The van der Waals surface area contributed by atoms with Crippen molar-refractivity contribution in [1.82, 2.24) is 9.97 Å². The Hall–Kier alpha value is -1.47. The lowest BCUT2D eigenvalue weighted by atomic mass is 9.95. The van der Waals surface area contributed by atoms with Crippen LogP contribution in [0, 0.1) is 10.1 Å². The summed E-state index contributed by atoms with van der Waals surface area (Å²) in [5.74, 6) is 0.167. The van der Waals surface area contributed by atoms with Gasteiger partial charge in [-0.25, -0.2) is 4.98 Å². The largest absolute Gasteiger partial charge is 0.388 e. The van der Waals surface area contributed by atoms with Gasteiger partial charge in [-0.15, -0.1) is 0 Å². The third-order valence-corrected chi connectivity index (χ3v) is 3.07. The first-order valence-electron chi connectivity index (χ1n) is 5.53. The zero-order valence-corrected chi connectivity index (χ0v) is 10.6. The first-order chi connectivity index (χ1) is 8.39. The Bertz CT molecular complexity index is 480. The summed E-state index contributed by atoms with van der Waals surface area (Å²) in [6, 6.07) is 0. The van der Waals surface area contributed by atoms with Crippen LogP contribution in [-0.2, 0) is 0 Å². The molecule has 98 valence electrons. The monoisotopic (exact) mass is 272 g/mol. The van der Waals surface area contributed by atoms with Crippen molar-refractivity contribution in [1.29, 1.82) is 0 Å². The van der Waals surface area contributed by atoms with Crippen LogP contribution in [0.4, 0.5) is 11.5 Å². The molecule has 0 radical (unpaired) electrons. The van der Waals surface area contributed by atoms with E-state index in [1.165, 1.54) is 0 Å². The number of rotatable bonds is 2. The number of hydrogen-bond acceptors (Lipinski definition) is 6. The van der Waals surface area contributed by atoms with E-state index in [0.717, 1.165) is 12.6 Å². The van der Waals surface area contributed by atoms with E-state index < -0.39 is 10.5 Å². The molecule has 1 unspecified atom stereocenters. The van der Waals surface area contributed by atoms with Gasteiger partial charge < -0.3 is 10.0 Å². The van der Waals surface area contributed by atoms with Crippen LogP contribution in [0.15, 0.2) is 6.20 Å². The Morgan fingerprint density at radius 2 is 2.39 bits per heavy atom. The van der Waals surface area contributed by atoms with E-state index in [1.807, 2.05) is 0 Å². The molecule has 18 heavy (non-hydrogen) atoms. The number of hydrogen-bond donors (Lipinski definition) is 1. The molecular formula is C10H13ClN4O3. The summed E-state index contributed by atoms with van der Waals surface area (Å²) in [6.07, 6.45) is 2.50. The Morgan fingerprint density at radius 1 is 1.67 bits per heavy atom. The van der Waals surface area contributed by atoms with Gasteiger partial charge >= 0.3 is 5.69 Å². The van der Waals surface area contributed by atoms with Gasteiger partial charge in [0.15, 0.2) is 0 Å². The zero-order valence-electron chi connectivity index (χ0n) is 9.84. The van der Waals surface area contributed by atoms with E-state index >= 15 is 0 Å². The predicted octanol–water partition coefficient (Wildman–Crippen LogP) is 1.39. The third-order valence-electron chi connectivity index (χ3n) is 2.89. The maximum Gasteiger partial charge on any atom is 0.329 e. The molecule has 0 aromatic carbocycles. The Morgan fingerprint density at radius 3 is 3.00 bits per heavy atom. The molecule has 1 aromatic heterocycles. The van der Waals surface area contributed by atoms with Gasteiger partial charge in [-0.2, -0.15) is 4.98 Å². The molecule has 0 spiro atoms. The fourth-order valence-electron chi connectivity index (χ4n) is 2.11. The van der Waals surface area contributed by atoms with Crippen molar-refractivity contribution in [2.45, 2.75) is 25.4 Å². The molecule has 1 N–H and O–H groups in total. The molecule has 0 amide bonds. The van der Waals surface area contributed by atoms with E-state index in [1.54, 1.807) is 11.8 Å². The minimum absolute atomic E-state index is 0.0409. The summed E-state index contributed by atoms with van der Waals surface area (Å²) in [6.45, 7) is 2.60. The molecule has 2 heterocycles. The van der Waals surface area contributed by atoms with Crippen LogP contribution in [0.5, 0.6) is 0 Å². The average Bonchev–Trinajstić information content (AvgIpc) is 2.27. The normalized spacial score (nSPS) is 24.1. The predicted molar refractivity (Wildman–Crippen MR) is 65.8 cm³/mol. The molecule has 1 fully saturated rings. The summed E-state index contributed by atoms with van der Waals surface area (Å²) >= 11 is 5.68. The van der Waals surface area contributed by atoms with Crippen molar-refractivity contribution in [2.75, 3.05) is 18.0 Å². The van der Waals surface area contributed by atoms with Crippen molar-refractivity contribution in [3.8, 4) is 0 Å². The number of aliphatic hydroxyl groups is 1. The molecule has 1 aliphatic heterocycles. The van der Waals surface area contributed by atoms with Crippen LogP contribution in [0.1, 0.15) is 19.8 Å². The summed E-state index contributed by atoms with van der Waals surface area (Å²) < 4.78 is 0. The van der Waals surface area contributed by atoms with Crippen molar-refractivity contribution >= 4 is 23.1 Å². The number of piperidine rings is 1. The van der Waals surface area contributed by atoms with Gasteiger partial charge in [0.25, 0.3) is 0 Å². The van der Waals surface area contributed by atoms with Crippen molar-refractivity contribution in [3.05, 3.63) is 21.6 Å². The molecule has 1 aromatic rings. The SMILES string of the molecule is CC1(O)CCCN(c2nc(Cl)ncc2[N+](=O)[O-])C1. The zero-order chi connectivity index (χ0) is 13.3. The number of β-amino-alcohol motifs (C(OH)–C–C–N with tert-alkyl or cyclic N) is 1. The molecule has 8 heteroatoms. The van der Waals surface area contributed by atoms with Crippen LogP contribution in [0.25, 0.3) is 0 Å². The van der Waals surface area contributed by atoms with Gasteiger partial charge in [-0.1, -0.05) is 0 Å². The van der Waals surface area contributed by atoms with Crippen LogP contribution in [-0.4, -0.2) is 38.7 Å². The Labute approximate surface area is 109 Å². The van der Waals surface area contributed by atoms with Gasteiger partial charge in [-0.3, -0.25) is 10.1 Å². The minimum atomic E-state index is -0.871. The summed E-state index contributed by atoms with van der Waals surface area (Å²) in [5.41, 5.74) is -1.07. The molecule has 1 atom stereocenters. The van der Waals surface area contributed by atoms with Crippen LogP contribution < -0.4 is 4.90 Å². The Balaban J connectivity index is 2.37. The van der Waals surface area contributed by atoms with Crippen LogP contribution in [0.2, 0.25) is 5.28 Å². The molecule has 2 rings (SSSR count). The minimum Gasteiger partial charge on any atom is -0.388 e. The van der Waals surface area contributed by atoms with Gasteiger partial charge in [0, 0.05) is 13.1 Å². The highest BCUT2D eigenvalue weighted by Gasteiger charge is 2.32. The summed E-state index contributed by atoms with van der Waals surface area (Å²) in [5, 5.41) is 20.9. The maximum atomic E-state index is 10.9. The standard InChI is InChI=1S/C10H13ClN4O3/c1-10(16)3-2-4-14(6-10)8-7(15(17)18)5-12-9(11)13-8/h5,16H,2-4,6H2,1H3.